The summed E-state index contributed by atoms with van der Waals surface area (Å²) in [5.74, 6) is 0.440. The minimum absolute atomic E-state index is 0.440. The van der Waals surface area contributed by atoms with Gasteiger partial charge in [0.2, 0.25) is 0 Å². The van der Waals surface area contributed by atoms with Crippen LogP contribution in [0.2, 0.25) is 0 Å². The Morgan fingerprint density at radius 1 is 1.77 bits per heavy atom. The van der Waals surface area contributed by atoms with Crippen molar-refractivity contribution in [2.45, 2.75) is 32.3 Å². The molecule has 0 aromatic carbocycles. The largest absolute Gasteiger partial charge is 0.385 e. The third kappa shape index (κ3) is 1.10. The quantitative estimate of drug-likeness (QED) is 0.746. The lowest BCUT2D eigenvalue weighted by Gasteiger charge is -2.08. The van der Waals surface area contributed by atoms with Crippen LogP contribution < -0.4 is 0 Å². The van der Waals surface area contributed by atoms with E-state index in [1.807, 2.05) is 18.7 Å². The summed E-state index contributed by atoms with van der Waals surface area (Å²) in [6.45, 7) is 4.12. The van der Waals surface area contributed by atoms with Gasteiger partial charge in [0.15, 0.2) is 0 Å². The van der Waals surface area contributed by atoms with Crippen LogP contribution in [0.25, 0.3) is 0 Å². The predicted molar refractivity (Wildman–Crippen MR) is 50.2 cm³/mol. The second-order valence-electron chi connectivity index (χ2n) is 4.00. The van der Waals surface area contributed by atoms with Crippen LogP contribution in [0, 0.1) is 12.8 Å². The fraction of sp³-hybridized carbons (Fsp3) is 0.700. The van der Waals surface area contributed by atoms with Crippen LogP contribution in [0.1, 0.15) is 31.0 Å². The third-order valence-corrected chi connectivity index (χ3v) is 3.27. The first-order valence-electron chi connectivity index (χ1n) is 4.81. The van der Waals surface area contributed by atoms with Crippen molar-refractivity contribution >= 4 is 0 Å². The van der Waals surface area contributed by atoms with Gasteiger partial charge >= 0.3 is 0 Å². The molecule has 0 saturated heterocycles. The van der Waals surface area contributed by atoms with Gasteiger partial charge in [-0.25, -0.2) is 0 Å². The van der Waals surface area contributed by atoms with Crippen LogP contribution in [-0.4, -0.2) is 14.9 Å². The smallest absolute Gasteiger partial charge is 0.0962 e. The summed E-state index contributed by atoms with van der Waals surface area (Å²) in [6, 6.07) is 0. The van der Waals surface area contributed by atoms with Crippen molar-refractivity contribution in [1.29, 1.82) is 0 Å². The summed E-state index contributed by atoms with van der Waals surface area (Å²) in [4.78, 5) is 0. The average Bonchev–Trinajstić information content (AvgIpc) is 2.66. The minimum atomic E-state index is -0.562. The number of aliphatic hydroxyl groups is 1. The molecule has 0 aliphatic heterocycles. The van der Waals surface area contributed by atoms with Crippen molar-refractivity contribution in [3.05, 3.63) is 17.5 Å². The lowest BCUT2D eigenvalue weighted by Crippen LogP contribution is -2.09. The Balaban J connectivity index is 2.32. The summed E-state index contributed by atoms with van der Waals surface area (Å²) in [7, 11) is 1.91. The maximum absolute atomic E-state index is 10.2. The number of rotatable bonds is 2. The molecule has 2 rings (SSSR count). The Morgan fingerprint density at radius 2 is 2.46 bits per heavy atom. The Labute approximate surface area is 78.4 Å². The van der Waals surface area contributed by atoms with Crippen molar-refractivity contribution in [3.8, 4) is 0 Å². The van der Waals surface area contributed by atoms with Crippen LogP contribution >= 0.6 is 0 Å². The minimum Gasteiger partial charge on any atom is -0.385 e. The number of aromatic nitrogens is 2. The Bertz CT molecular complexity index is 332. The number of hydrogen-bond donors (Lipinski definition) is 1. The van der Waals surface area contributed by atoms with E-state index >= 15 is 0 Å². The van der Waals surface area contributed by atoms with Crippen LogP contribution in [0.3, 0.4) is 0 Å². The maximum Gasteiger partial charge on any atom is 0.0962 e. The molecule has 1 aromatic heterocycles. The Hall–Kier alpha value is -0.830. The second-order valence-corrected chi connectivity index (χ2v) is 4.00. The molecule has 0 spiro atoms. The lowest BCUT2D eigenvalue weighted by molar-refractivity contribution is 0.129. The van der Waals surface area contributed by atoms with Gasteiger partial charge in [0.25, 0.3) is 0 Å². The molecular formula is C10H16N2O. The van der Waals surface area contributed by atoms with Gasteiger partial charge < -0.3 is 5.11 Å². The molecule has 1 heterocycles. The molecule has 72 valence electrons. The van der Waals surface area contributed by atoms with Gasteiger partial charge in [-0.05, 0) is 19.3 Å². The van der Waals surface area contributed by atoms with E-state index in [-0.39, 0.29) is 0 Å². The molecule has 0 bridgehead atoms. The molecule has 1 saturated carbocycles. The molecule has 3 heteroatoms. The highest BCUT2D eigenvalue weighted by molar-refractivity contribution is 5.31. The van der Waals surface area contributed by atoms with Gasteiger partial charge in [0.1, 0.15) is 0 Å². The van der Waals surface area contributed by atoms with Gasteiger partial charge in [-0.1, -0.05) is 13.3 Å². The summed E-state index contributed by atoms with van der Waals surface area (Å²) in [5.41, 5.74) is 1.54. The normalized spacial score (nSPS) is 32.2. The summed E-state index contributed by atoms with van der Waals surface area (Å²) >= 11 is 0. The van der Waals surface area contributed by atoms with Gasteiger partial charge in [0, 0.05) is 18.3 Å². The molecule has 13 heavy (non-hydrogen) atoms. The van der Waals surface area contributed by atoms with Crippen LogP contribution in [-0.2, 0) is 12.6 Å². The van der Waals surface area contributed by atoms with Gasteiger partial charge in [-0.2, -0.15) is 5.10 Å². The highest BCUT2D eigenvalue weighted by Crippen LogP contribution is 2.54. The van der Waals surface area contributed by atoms with E-state index in [4.69, 9.17) is 0 Å². The van der Waals surface area contributed by atoms with Gasteiger partial charge in [-0.3, -0.25) is 4.68 Å². The maximum atomic E-state index is 10.2. The molecule has 1 fully saturated rings. The zero-order chi connectivity index (χ0) is 9.64. The zero-order valence-corrected chi connectivity index (χ0v) is 8.41. The van der Waals surface area contributed by atoms with E-state index in [1.54, 1.807) is 6.20 Å². The van der Waals surface area contributed by atoms with E-state index in [2.05, 4.69) is 12.0 Å². The van der Waals surface area contributed by atoms with Crippen molar-refractivity contribution in [1.82, 2.24) is 9.78 Å². The van der Waals surface area contributed by atoms with E-state index in [0.717, 1.165) is 24.1 Å². The summed E-state index contributed by atoms with van der Waals surface area (Å²) in [6.07, 6.45) is 3.74. The predicted octanol–water partition coefficient (Wildman–Crippen LogP) is 1.35. The standard InChI is InChI=1S/C10H16N2O/c1-4-8-5-10(8,13)9-6-11-12(3)7(9)2/h6,8,13H,4-5H2,1-3H3. The SMILES string of the molecule is CCC1CC1(O)c1cnn(C)c1C. The van der Waals surface area contributed by atoms with Crippen LogP contribution in [0.5, 0.6) is 0 Å². The molecular weight excluding hydrogens is 164 g/mol. The topological polar surface area (TPSA) is 38.1 Å². The van der Waals surface area contributed by atoms with Crippen LogP contribution in [0.15, 0.2) is 6.20 Å². The molecule has 0 amide bonds. The first-order valence-corrected chi connectivity index (χ1v) is 4.81. The first kappa shape index (κ1) is 8.75. The second kappa shape index (κ2) is 2.58. The molecule has 1 aliphatic carbocycles. The third-order valence-electron chi connectivity index (χ3n) is 3.27. The fourth-order valence-electron chi connectivity index (χ4n) is 2.05. The molecule has 1 aliphatic rings. The van der Waals surface area contributed by atoms with Crippen molar-refractivity contribution in [2.24, 2.45) is 13.0 Å². The van der Waals surface area contributed by atoms with Gasteiger partial charge in [0.05, 0.1) is 11.8 Å². The van der Waals surface area contributed by atoms with Crippen molar-refractivity contribution in [2.75, 3.05) is 0 Å². The average molecular weight is 180 g/mol. The first-order chi connectivity index (χ1) is 6.09. The molecule has 2 unspecified atom stereocenters. The van der Waals surface area contributed by atoms with E-state index in [1.165, 1.54) is 0 Å². The Morgan fingerprint density at radius 3 is 2.85 bits per heavy atom. The van der Waals surface area contributed by atoms with Crippen molar-refractivity contribution < 1.29 is 5.11 Å². The molecule has 0 radical (unpaired) electrons. The van der Waals surface area contributed by atoms with Crippen LogP contribution in [0.4, 0.5) is 0 Å². The monoisotopic (exact) mass is 180 g/mol. The summed E-state index contributed by atoms with van der Waals surface area (Å²) < 4.78 is 1.82. The summed E-state index contributed by atoms with van der Waals surface area (Å²) in [5, 5.41) is 14.3. The number of hydrogen-bond acceptors (Lipinski definition) is 2. The molecule has 1 aromatic rings. The zero-order valence-electron chi connectivity index (χ0n) is 8.41. The number of nitrogens with zero attached hydrogens (tertiary/aromatic N) is 2. The van der Waals surface area contributed by atoms with E-state index in [9.17, 15) is 5.11 Å². The molecule has 3 nitrogen and oxygen atoms in total. The molecule has 2 atom stereocenters. The molecule has 1 N–H and O–H groups in total. The highest BCUT2D eigenvalue weighted by atomic mass is 16.3. The highest BCUT2D eigenvalue weighted by Gasteiger charge is 2.54. The number of aryl methyl sites for hydroxylation is 1. The fourth-order valence-corrected chi connectivity index (χ4v) is 2.05. The van der Waals surface area contributed by atoms with Gasteiger partial charge in [-0.15, -0.1) is 0 Å². The Kier molecular flexibility index (Phi) is 1.74. The lowest BCUT2D eigenvalue weighted by atomic mass is 10.1. The van der Waals surface area contributed by atoms with E-state index in [0.29, 0.717) is 5.92 Å². The van der Waals surface area contributed by atoms with E-state index < -0.39 is 5.60 Å². The van der Waals surface area contributed by atoms with Crippen molar-refractivity contribution in [3.63, 3.8) is 0 Å².